The number of carbonyl (C=O) groups excluding carboxylic acids is 3. The minimum atomic E-state index is -0.855. The Kier molecular flexibility index (Phi) is 7.52. The van der Waals surface area contributed by atoms with E-state index >= 15 is 0 Å². The summed E-state index contributed by atoms with van der Waals surface area (Å²) in [5.74, 6) is -0.754. The van der Waals surface area contributed by atoms with Gasteiger partial charge in [-0.15, -0.1) is 0 Å². The van der Waals surface area contributed by atoms with Crippen LogP contribution in [0.3, 0.4) is 0 Å². The summed E-state index contributed by atoms with van der Waals surface area (Å²) in [6.07, 6.45) is 2.30. The number of carbonyl (C=O) groups is 3. The molecule has 0 saturated carbocycles. The van der Waals surface area contributed by atoms with Crippen LogP contribution in [0.2, 0.25) is 0 Å². The van der Waals surface area contributed by atoms with Crippen molar-refractivity contribution in [2.24, 2.45) is 0 Å². The first-order valence-corrected chi connectivity index (χ1v) is 10.4. The van der Waals surface area contributed by atoms with E-state index in [1.54, 1.807) is 69.4 Å². The smallest absolute Gasteiger partial charge is 0.407 e. The molecule has 0 saturated heterocycles. The van der Waals surface area contributed by atoms with Crippen molar-refractivity contribution in [1.82, 2.24) is 10.3 Å². The van der Waals surface area contributed by atoms with E-state index < -0.39 is 23.5 Å². The average molecular weight is 466 g/mol. The standard InChI is InChI=1S/C24H26N4O6/c1-24(2,3)34-23(31)26-12-15-6-5-7-16(10-15)27-21(29)22(30)28-17-8-9-18(19(11-17)32-4)20-13-25-14-33-20/h5-11,13-14H,12H2,1-4H3,(H,26,31)(H,27,29)(H,28,30). The Bertz CT molecular complexity index is 1170. The number of benzene rings is 2. The maximum Gasteiger partial charge on any atom is 0.407 e. The minimum absolute atomic E-state index is 0.197. The number of hydrogen-bond donors (Lipinski definition) is 3. The third-order valence-electron chi connectivity index (χ3n) is 4.38. The first kappa shape index (κ1) is 24.3. The zero-order valence-electron chi connectivity index (χ0n) is 19.3. The number of amides is 3. The molecule has 0 radical (unpaired) electrons. The van der Waals surface area contributed by atoms with Crippen molar-refractivity contribution in [3.8, 4) is 17.1 Å². The Morgan fingerprint density at radius 2 is 1.71 bits per heavy atom. The molecule has 1 heterocycles. The van der Waals surface area contributed by atoms with Gasteiger partial charge in [-0.05, 0) is 50.6 Å². The lowest BCUT2D eigenvalue weighted by Gasteiger charge is -2.19. The fourth-order valence-corrected chi connectivity index (χ4v) is 2.94. The number of aromatic nitrogens is 1. The van der Waals surface area contributed by atoms with Crippen LogP contribution in [0.1, 0.15) is 26.3 Å². The van der Waals surface area contributed by atoms with Crippen LogP contribution in [0.4, 0.5) is 16.2 Å². The average Bonchev–Trinajstić information content (AvgIpc) is 3.31. The van der Waals surface area contributed by atoms with Gasteiger partial charge in [-0.3, -0.25) is 9.59 Å². The van der Waals surface area contributed by atoms with Crippen LogP contribution < -0.4 is 20.7 Å². The largest absolute Gasteiger partial charge is 0.496 e. The topological polar surface area (TPSA) is 132 Å². The zero-order valence-corrected chi connectivity index (χ0v) is 19.3. The van der Waals surface area contributed by atoms with E-state index in [1.807, 2.05) is 0 Å². The third kappa shape index (κ3) is 6.83. The van der Waals surface area contributed by atoms with Crippen LogP contribution in [0.15, 0.2) is 59.5 Å². The van der Waals surface area contributed by atoms with Gasteiger partial charge in [0.1, 0.15) is 11.4 Å². The molecule has 0 atom stereocenters. The van der Waals surface area contributed by atoms with Crippen LogP contribution in [0.25, 0.3) is 11.3 Å². The molecular weight excluding hydrogens is 440 g/mol. The Morgan fingerprint density at radius 1 is 1.00 bits per heavy atom. The molecule has 0 bridgehead atoms. The molecule has 2 aromatic carbocycles. The van der Waals surface area contributed by atoms with Gasteiger partial charge in [-0.1, -0.05) is 12.1 Å². The van der Waals surface area contributed by atoms with Gasteiger partial charge in [0.15, 0.2) is 12.2 Å². The summed E-state index contributed by atoms with van der Waals surface area (Å²) >= 11 is 0. The molecule has 10 nitrogen and oxygen atoms in total. The fourth-order valence-electron chi connectivity index (χ4n) is 2.94. The van der Waals surface area contributed by atoms with E-state index in [9.17, 15) is 14.4 Å². The van der Waals surface area contributed by atoms with Crippen molar-refractivity contribution in [2.75, 3.05) is 17.7 Å². The summed E-state index contributed by atoms with van der Waals surface area (Å²) in [5.41, 5.74) is 1.54. The summed E-state index contributed by atoms with van der Waals surface area (Å²) in [6.45, 7) is 5.51. The highest BCUT2D eigenvalue weighted by atomic mass is 16.6. The van der Waals surface area contributed by atoms with Crippen molar-refractivity contribution in [2.45, 2.75) is 32.9 Å². The van der Waals surface area contributed by atoms with Crippen molar-refractivity contribution < 1.29 is 28.3 Å². The minimum Gasteiger partial charge on any atom is -0.496 e. The Labute approximate surface area is 196 Å². The number of methoxy groups -OCH3 is 1. The lowest BCUT2D eigenvalue weighted by atomic mass is 10.1. The quantitative estimate of drug-likeness (QED) is 0.469. The molecule has 0 aliphatic carbocycles. The van der Waals surface area contributed by atoms with E-state index in [1.165, 1.54) is 13.5 Å². The lowest BCUT2D eigenvalue weighted by molar-refractivity contribution is -0.132. The summed E-state index contributed by atoms with van der Waals surface area (Å²) in [7, 11) is 1.48. The molecule has 1 aromatic heterocycles. The highest BCUT2D eigenvalue weighted by Crippen LogP contribution is 2.32. The van der Waals surface area contributed by atoms with Crippen molar-refractivity contribution in [1.29, 1.82) is 0 Å². The second kappa shape index (κ2) is 10.5. The fraction of sp³-hybridized carbons (Fsp3) is 0.250. The maximum atomic E-state index is 12.4. The van der Waals surface area contributed by atoms with Crippen LogP contribution in [0, 0.1) is 0 Å². The number of alkyl carbamates (subject to hydrolysis) is 1. The highest BCUT2D eigenvalue weighted by Gasteiger charge is 2.18. The molecule has 0 spiro atoms. The SMILES string of the molecule is COc1cc(NC(=O)C(=O)Nc2cccc(CNC(=O)OC(C)(C)C)c2)ccc1-c1cnco1. The van der Waals surface area contributed by atoms with Gasteiger partial charge in [0.25, 0.3) is 0 Å². The molecule has 3 N–H and O–H groups in total. The summed E-state index contributed by atoms with van der Waals surface area (Å²) < 4.78 is 15.8. The van der Waals surface area contributed by atoms with Crippen LogP contribution in [0.5, 0.6) is 5.75 Å². The van der Waals surface area contributed by atoms with Crippen molar-refractivity contribution in [3.63, 3.8) is 0 Å². The van der Waals surface area contributed by atoms with E-state index in [0.717, 1.165) is 5.56 Å². The van der Waals surface area contributed by atoms with Gasteiger partial charge in [-0.2, -0.15) is 0 Å². The van der Waals surface area contributed by atoms with Crippen LogP contribution in [-0.4, -0.2) is 35.6 Å². The molecule has 0 fully saturated rings. The van der Waals surface area contributed by atoms with E-state index in [2.05, 4.69) is 20.9 Å². The monoisotopic (exact) mass is 466 g/mol. The van der Waals surface area contributed by atoms with Gasteiger partial charge in [0, 0.05) is 24.0 Å². The molecule has 0 unspecified atom stereocenters. The highest BCUT2D eigenvalue weighted by molar-refractivity contribution is 6.43. The first-order chi connectivity index (χ1) is 16.1. The molecule has 3 amide bonds. The lowest BCUT2D eigenvalue weighted by Crippen LogP contribution is -2.32. The third-order valence-corrected chi connectivity index (χ3v) is 4.38. The van der Waals surface area contributed by atoms with Crippen LogP contribution >= 0.6 is 0 Å². The summed E-state index contributed by atoms with van der Waals surface area (Å²) in [4.78, 5) is 40.5. The molecule has 3 aromatic rings. The van der Waals surface area contributed by atoms with E-state index in [0.29, 0.717) is 28.4 Å². The predicted molar refractivity (Wildman–Crippen MR) is 125 cm³/mol. The first-order valence-electron chi connectivity index (χ1n) is 10.4. The molecule has 0 aliphatic heterocycles. The van der Waals surface area contributed by atoms with Crippen molar-refractivity contribution >= 4 is 29.3 Å². The van der Waals surface area contributed by atoms with Gasteiger partial charge >= 0.3 is 17.9 Å². The number of oxazole rings is 1. The van der Waals surface area contributed by atoms with Gasteiger partial charge in [0.2, 0.25) is 0 Å². The molecule has 10 heteroatoms. The number of rotatable bonds is 6. The molecule has 3 rings (SSSR count). The maximum absolute atomic E-state index is 12.4. The Morgan fingerprint density at radius 3 is 2.32 bits per heavy atom. The molecule has 0 aliphatic rings. The molecule has 34 heavy (non-hydrogen) atoms. The summed E-state index contributed by atoms with van der Waals surface area (Å²) in [5, 5.41) is 7.72. The van der Waals surface area contributed by atoms with Gasteiger partial charge in [-0.25, -0.2) is 9.78 Å². The molecule has 178 valence electrons. The van der Waals surface area contributed by atoms with Gasteiger partial charge < -0.3 is 29.8 Å². The number of anilines is 2. The predicted octanol–water partition coefficient (Wildman–Crippen LogP) is 3.95. The second-order valence-electron chi connectivity index (χ2n) is 8.24. The van der Waals surface area contributed by atoms with Crippen LogP contribution in [-0.2, 0) is 20.9 Å². The Hall–Kier alpha value is -4.34. The van der Waals surface area contributed by atoms with Crippen molar-refractivity contribution in [3.05, 3.63) is 60.6 Å². The zero-order chi connectivity index (χ0) is 24.7. The molecular formula is C24H26N4O6. The number of ether oxygens (including phenoxy) is 2. The number of nitrogens with zero attached hydrogens (tertiary/aromatic N) is 1. The summed E-state index contributed by atoms with van der Waals surface area (Å²) in [6, 6.07) is 11.6. The van der Waals surface area contributed by atoms with Gasteiger partial charge in [0.05, 0.1) is 18.9 Å². The van der Waals surface area contributed by atoms with E-state index in [4.69, 9.17) is 13.9 Å². The van der Waals surface area contributed by atoms with E-state index in [-0.39, 0.29) is 6.54 Å². The normalized spacial score (nSPS) is 10.8. The Balaban J connectivity index is 1.59. The number of nitrogens with one attached hydrogen (secondary N) is 3. The number of hydrogen-bond acceptors (Lipinski definition) is 7. The second-order valence-corrected chi connectivity index (χ2v) is 8.24.